The van der Waals surface area contributed by atoms with Crippen LogP contribution in [-0.4, -0.2) is 18.3 Å². The van der Waals surface area contributed by atoms with Gasteiger partial charge >= 0.3 is 13.3 Å². The van der Waals surface area contributed by atoms with Gasteiger partial charge in [0, 0.05) is 0 Å². The molecule has 0 aliphatic carbocycles. The molecule has 0 unspecified atom stereocenters. The second kappa shape index (κ2) is 5.00. The summed E-state index contributed by atoms with van der Waals surface area (Å²) in [6.07, 6.45) is -4.60. The molecule has 22 heavy (non-hydrogen) atoms. The Morgan fingerprint density at radius 1 is 1.09 bits per heavy atom. The highest BCUT2D eigenvalue weighted by Gasteiger charge is 2.52. The van der Waals surface area contributed by atoms with Crippen LogP contribution in [0.25, 0.3) is 0 Å². The molecule has 1 aliphatic rings. The van der Waals surface area contributed by atoms with Crippen molar-refractivity contribution in [2.24, 2.45) is 0 Å². The molecule has 0 amide bonds. The molecule has 0 aromatic heterocycles. The monoisotopic (exact) mass is 311 g/mol. The summed E-state index contributed by atoms with van der Waals surface area (Å²) in [5.74, 6) is 0. The third kappa shape index (κ3) is 2.73. The molecular weight excluding hydrogens is 294 g/mol. The Balaban J connectivity index is 2.53. The predicted molar refractivity (Wildman–Crippen MR) is 76.6 cm³/mol. The number of aryl methyl sites for hydroxylation is 1. The van der Waals surface area contributed by atoms with E-state index >= 15 is 0 Å². The fourth-order valence-electron chi connectivity index (χ4n) is 2.28. The fourth-order valence-corrected chi connectivity index (χ4v) is 2.28. The molecule has 0 spiro atoms. The maximum absolute atomic E-state index is 13.1. The number of nitrogens with zero attached hydrogens (tertiary/aromatic N) is 1. The van der Waals surface area contributed by atoms with E-state index < -0.39 is 35.6 Å². The van der Waals surface area contributed by atoms with Crippen LogP contribution in [0.1, 0.15) is 44.4 Å². The van der Waals surface area contributed by atoms with Crippen molar-refractivity contribution in [2.45, 2.75) is 52.0 Å². The minimum absolute atomic E-state index is 0.296. The van der Waals surface area contributed by atoms with Crippen LogP contribution >= 0.6 is 0 Å². The van der Waals surface area contributed by atoms with Gasteiger partial charge in [0.15, 0.2) is 0 Å². The van der Waals surface area contributed by atoms with E-state index in [0.29, 0.717) is 11.0 Å². The lowest BCUT2D eigenvalue weighted by atomic mass is 9.74. The van der Waals surface area contributed by atoms with Crippen LogP contribution in [0.15, 0.2) is 12.1 Å². The van der Waals surface area contributed by atoms with E-state index in [1.165, 1.54) is 6.07 Å². The average Bonchev–Trinajstić information content (AvgIpc) is 2.56. The number of alkyl halides is 3. The van der Waals surface area contributed by atoms with Gasteiger partial charge in [-0.1, -0.05) is 5.56 Å². The molecule has 1 aliphatic heterocycles. The highest BCUT2D eigenvalue weighted by molar-refractivity contribution is 6.62. The third-order valence-electron chi connectivity index (χ3n) is 4.34. The number of halogens is 3. The Bertz CT molecular complexity index is 631. The highest BCUT2D eigenvalue weighted by atomic mass is 19.4. The van der Waals surface area contributed by atoms with Crippen molar-refractivity contribution >= 4 is 12.6 Å². The minimum Gasteiger partial charge on any atom is -0.399 e. The maximum Gasteiger partial charge on any atom is 0.495 e. The second-order valence-corrected chi connectivity index (χ2v) is 6.45. The van der Waals surface area contributed by atoms with Gasteiger partial charge in [-0.15, -0.1) is 0 Å². The van der Waals surface area contributed by atoms with Gasteiger partial charge < -0.3 is 9.31 Å². The van der Waals surface area contributed by atoms with Crippen molar-refractivity contribution in [2.75, 3.05) is 0 Å². The molecule has 1 saturated heterocycles. The zero-order valence-electron chi connectivity index (χ0n) is 13.1. The smallest absolute Gasteiger partial charge is 0.399 e. The molecule has 3 nitrogen and oxygen atoms in total. The Kier molecular flexibility index (Phi) is 3.83. The van der Waals surface area contributed by atoms with Gasteiger partial charge in [-0.3, -0.25) is 0 Å². The molecule has 1 aromatic rings. The van der Waals surface area contributed by atoms with E-state index in [2.05, 4.69) is 0 Å². The molecular formula is C15H17BF3NO2. The van der Waals surface area contributed by atoms with Gasteiger partial charge in [-0.05, 0) is 52.2 Å². The highest BCUT2D eigenvalue weighted by Crippen LogP contribution is 2.38. The number of benzene rings is 1. The molecule has 0 radical (unpaired) electrons. The first-order valence-corrected chi connectivity index (χ1v) is 6.86. The zero-order chi connectivity index (χ0) is 16.9. The lowest BCUT2D eigenvalue weighted by molar-refractivity contribution is -0.137. The summed E-state index contributed by atoms with van der Waals surface area (Å²) in [5, 5.41) is 8.92. The van der Waals surface area contributed by atoms with Crippen LogP contribution in [0.4, 0.5) is 13.2 Å². The lowest BCUT2D eigenvalue weighted by Gasteiger charge is -2.32. The summed E-state index contributed by atoms with van der Waals surface area (Å²) < 4.78 is 50.9. The van der Waals surface area contributed by atoms with E-state index in [4.69, 9.17) is 14.6 Å². The van der Waals surface area contributed by atoms with E-state index in [0.717, 1.165) is 6.07 Å². The molecule has 7 heteroatoms. The molecule has 0 atom stereocenters. The summed E-state index contributed by atoms with van der Waals surface area (Å²) in [7, 11) is -0.890. The van der Waals surface area contributed by atoms with Gasteiger partial charge in [0.05, 0.1) is 28.4 Å². The second-order valence-electron chi connectivity index (χ2n) is 6.45. The zero-order valence-corrected chi connectivity index (χ0v) is 13.1. The van der Waals surface area contributed by atoms with E-state index in [1.54, 1.807) is 13.0 Å². The molecule has 2 rings (SSSR count). The Morgan fingerprint density at radius 3 is 2.00 bits per heavy atom. The van der Waals surface area contributed by atoms with Gasteiger partial charge in [0.2, 0.25) is 0 Å². The molecule has 1 aromatic carbocycles. The lowest BCUT2D eigenvalue weighted by Crippen LogP contribution is -2.41. The first kappa shape index (κ1) is 16.8. The third-order valence-corrected chi connectivity index (χ3v) is 4.34. The SMILES string of the molecule is Cc1cc(C#N)c(C(F)(F)F)cc1B1OC(C)(C)C(C)(C)O1. The molecule has 118 valence electrons. The van der Waals surface area contributed by atoms with Gasteiger partial charge in [0.25, 0.3) is 0 Å². The topological polar surface area (TPSA) is 42.2 Å². The average molecular weight is 311 g/mol. The Labute approximate surface area is 128 Å². The van der Waals surface area contributed by atoms with Crippen LogP contribution in [0.3, 0.4) is 0 Å². The Hall–Kier alpha value is -1.52. The van der Waals surface area contributed by atoms with E-state index in [9.17, 15) is 13.2 Å². The largest absolute Gasteiger partial charge is 0.495 e. The van der Waals surface area contributed by atoms with Crippen LogP contribution in [-0.2, 0) is 15.5 Å². The molecule has 0 bridgehead atoms. The van der Waals surface area contributed by atoms with Crippen molar-refractivity contribution < 1.29 is 22.5 Å². The van der Waals surface area contributed by atoms with Crippen LogP contribution in [0, 0.1) is 18.3 Å². The van der Waals surface area contributed by atoms with Gasteiger partial charge in [0.1, 0.15) is 0 Å². The quantitative estimate of drug-likeness (QED) is 0.748. The first-order valence-electron chi connectivity index (χ1n) is 6.86. The van der Waals surface area contributed by atoms with E-state index in [-0.39, 0.29) is 0 Å². The summed E-state index contributed by atoms with van der Waals surface area (Å²) in [6.45, 7) is 8.96. The van der Waals surface area contributed by atoms with Crippen molar-refractivity contribution in [3.8, 4) is 6.07 Å². The van der Waals surface area contributed by atoms with E-state index in [1.807, 2.05) is 27.7 Å². The maximum atomic E-state index is 13.1. The molecule has 0 N–H and O–H groups in total. The van der Waals surface area contributed by atoms with Crippen molar-refractivity contribution in [3.05, 3.63) is 28.8 Å². The first-order chi connectivity index (χ1) is 9.89. The molecule has 1 heterocycles. The number of hydrogen-bond donors (Lipinski definition) is 0. The van der Waals surface area contributed by atoms with Crippen molar-refractivity contribution in [3.63, 3.8) is 0 Å². The summed E-state index contributed by atoms with van der Waals surface area (Å²) >= 11 is 0. The van der Waals surface area contributed by atoms with Crippen LogP contribution in [0.2, 0.25) is 0 Å². The molecule has 1 fully saturated rings. The van der Waals surface area contributed by atoms with Crippen LogP contribution in [0.5, 0.6) is 0 Å². The fraction of sp³-hybridized carbons (Fsp3) is 0.533. The standard InChI is InChI=1S/C15H17BF3NO2/c1-9-6-10(8-20)11(15(17,18)19)7-12(9)16-21-13(2,3)14(4,5)22-16/h6-7H,1-5H3. The van der Waals surface area contributed by atoms with Gasteiger partial charge in [-0.25, -0.2) is 0 Å². The van der Waals surface area contributed by atoms with Gasteiger partial charge in [-0.2, -0.15) is 18.4 Å². The van der Waals surface area contributed by atoms with Crippen molar-refractivity contribution in [1.29, 1.82) is 5.26 Å². The summed E-state index contributed by atoms with van der Waals surface area (Å²) in [5.41, 5.74) is -1.82. The number of nitriles is 1. The Morgan fingerprint density at radius 2 is 1.59 bits per heavy atom. The number of rotatable bonds is 1. The minimum atomic E-state index is -4.60. The van der Waals surface area contributed by atoms with Crippen LogP contribution < -0.4 is 5.46 Å². The summed E-state index contributed by atoms with van der Waals surface area (Å²) in [6, 6.07) is 3.77. The van der Waals surface area contributed by atoms with Crippen molar-refractivity contribution in [1.82, 2.24) is 0 Å². The predicted octanol–water partition coefficient (Wildman–Crippen LogP) is 3.18. The molecule has 0 saturated carbocycles. The number of hydrogen-bond acceptors (Lipinski definition) is 3. The summed E-state index contributed by atoms with van der Waals surface area (Å²) in [4.78, 5) is 0. The normalized spacial score (nSPS) is 20.0.